The zero-order valence-corrected chi connectivity index (χ0v) is 10.4. The van der Waals surface area contributed by atoms with Crippen LogP contribution in [0, 0.1) is 0 Å². The van der Waals surface area contributed by atoms with E-state index in [4.69, 9.17) is 0 Å². The van der Waals surface area contributed by atoms with E-state index >= 15 is 0 Å². The molecule has 0 aliphatic carbocycles. The van der Waals surface area contributed by atoms with E-state index in [1.807, 2.05) is 12.1 Å². The Kier molecular flexibility index (Phi) is 4.29. The molecule has 0 aromatic heterocycles. The molecule has 1 aliphatic rings. The van der Waals surface area contributed by atoms with Gasteiger partial charge in [-0.25, -0.2) is 0 Å². The van der Waals surface area contributed by atoms with Gasteiger partial charge in [0, 0.05) is 25.2 Å². The Morgan fingerprint density at radius 3 is 2.59 bits per heavy atom. The zero-order chi connectivity index (χ0) is 12.1. The predicted octanol–water partition coefficient (Wildman–Crippen LogP) is 1.64. The average Bonchev–Trinajstić information content (AvgIpc) is 2.56. The summed E-state index contributed by atoms with van der Waals surface area (Å²) < 4.78 is 0. The number of carbonyl (C=O) groups is 1. The molecule has 1 aliphatic heterocycles. The highest BCUT2D eigenvalue weighted by Crippen LogP contribution is 2.09. The summed E-state index contributed by atoms with van der Waals surface area (Å²) in [6, 6.07) is 7.90. The van der Waals surface area contributed by atoms with Gasteiger partial charge >= 0.3 is 0 Å². The summed E-state index contributed by atoms with van der Waals surface area (Å²) in [6.45, 7) is 5.63. The van der Waals surface area contributed by atoms with Crippen molar-refractivity contribution in [3.05, 3.63) is 35.4 Å². The minimum Gasteiger partial charge on any atom is -0.305 e. The standard InChI is InChI=1S/C14H20N2O/c1-15-7-2-8-16(10-9-15)11-13-3-5-14(12-17)6-4-13/h3-6,12H,2,7-11H2,1H3. The van der Waals surface area contributed by atoms with Crippen LogP contribution in [0.2, 0.25) is 0 Å². The molecule has 0 N–H and O–H groups in total. The minimum atomic E-state index is 0.754. The smallest absolute Gasteiger partial charge is 0.150 e. The van der Waals surface area contributed by atoms with E-state index in [-0.39, 0.29) is 0 Å². The molecule has 0 saturated carbocycles. The summed E-state index contributed by atoms with van der Waals surface area (Å²) in [5.41, 5.74) is 2.05. The Hall–Kier alpha value is -1.19. The molecule has 92 valence electrons. The van der Waals surface area contributed by atoms with Crippen LogP contribution in [0.4, 0.5) is 0 Å². The van der Waals surface area contributed by atoms with E-state index < -0.39 is 0 Å². The van der Waals surface area contributed by atoms with Gasteiger partial charge in [0.15, 0.2) is 0 Å². The molecule has 0 unspecified atom stereocenters. The topological polar surface area (TPSA) is 23.6 Å². The van der Waals surface area contributed by atoms with Gasteiger partial charge in [-0.15, -0.1) is 0 Å². The maximum absolute atomic E-state index is 10.6. The van der Waals surface area contributed by atoms with E-state index in [0.29, 0.717) is 0 Å². The van der Waals surface area contributed by atoms with Gasteiger partial charge in [0.1, 0.15) is 6.29 Å². The summed E-state index contributed by atoms with van der Waals surface area (Å²) in [6.07, 6.45) is 2.13. The fraction of sp³-hybridized carbons (Fsp3) is 0.500. The number of benzene rings is 1. The van der Waals surface area contributed by atoms with E-state index in [9.17, 15) is 4.79 Å². The number of carbonyl (C=O) groups excluding carboxylic acids is 1. The second-order valence-electron chi connectivity index (χ2n) is 4.79. The second-order valence-corrected chi connectivity index (χ2v) is 4.79. The van der Waals surface area contributed by atoms with Crippen LogP contribution in [-0.2, 0) is 6.54 Å². The normalized spacial score (nSPS) is 18.9. The number of nitrogens with zero attached hydrogens (tertiary/aromatic N) is 2. The Morgan fingerprint density at radius 1 is 1.12 bits per heavy atom. The van der Waals surface area contributed by atoms with Gasteiger partial charge in [-0.2, -0.15) is 0 Å². The first-order valence-electron chi connectivity index (χ1n) is 6.23. The summed E-state index contributed by atoms with van der Waals surface area (Å²) in [5, 5.41) is 0. The van der Waals surface area contributed by atoms with Crippen molar-refractivity contribution in [3.8, 4) is 0 Å². The van der Waals surface area contributed by atoms with Crippen LogP contribution in [0.5, 0.6) is 0 Å². The van der Waals surface area contributed by atoms with Crippen LogP contribution in [0.3, 0.4) is 0 Å². The molecule has 1 fully saturated rings. The van der Waals surface area contributed by atoms with Gasteiger partial charge < -0.3 is 4.90 Å². The maximum Gasteiger partial charge on any atom is 0.150 e. The van der Waals surface area contributed by atoms with E-state index in [0.717, 1.165) is 31.5 Å². The van der Waals surface area contributed by atoms with Crippen molar-refractivity contribution in [1.82, 2.24) is 9.80 Å². The van der Waals surface area contributed by atoms with Crippen molar-refractivity contribution in [2.45, 2.75) is 13.0 Å². The molecule has 0 bridgehead atoms. The van der Waals surface area contributed by atoms with Crippen molar-refractivity contribution in [2.24, 2.45) is 0 Å². The van der Waals surface area contributed by atoms with Crippen LogP contribution >= 0.6 is 0 Å². The Balaban J connectivity index is 1.92. The number of hydrogen-bond donors (Lipinski definition) is 0. The number of aldehydes is 1. The maximum atomic E-state index is 10.6. The molecule has 2 rings (SSSR count). The van der Waals surface area contributed by atoms with Gasteiger partial charge in [-0.3, -0.25) is 9.69 Å². The lowest BCUT2D eigenvalue weighted by Crippen LogP contribution is -2.28. The van der Waals surface area contributed by atoms with Crippen LogP contribution in [0.25, 0.3) is 0 Å². The van der Waals surface area contributed by atoms with Gasteiger partial charge in [0.2, 0.25) is 0 Å². The molecule has 1 saturated heterocycles. The fourth-order valence-corrected chi connectivity index (χ4v) is 2.22. The highest BCUT2D eigenvalue weighted by Gasteiger charge is 2.11. The van der Waals surface area contributed by atoms with Crippen molar-refractivity contribution < 1.29 is 4.79 Å². The molecule has 1 aromatic rings. The first-order valence-corrected chi connectivity index (χ1v) is 6.23. The lowest BCUT2D eigenvalue weighted by molar-refractivity contribution is 0.112. The predicted molar refractivity (Wildman–Crippen MR) is 69.2 cm³/mol. The quantitative estimate of drug-likeness (QED) is 0.740. The molecular formula is C14H20N2O. The Morgan fingerprint density at radius 2 is 1.88 bits per heavy atom. The highest BCUT2D eigenvalue weighted by atomic mass is 16.1. The molecule has 1 heterocycles. The van der Waals surface area contributed by atoms with Crippen LogP contribution in [-0.4, -0.2) is 49.3 Å². The average molecular weight is 232 g/mol. The van der Waals surface area contributed by atoms with Crippen LogP contribution < -0.4 is 0 Å². The molecule has 3 nitrogen and oxygen atoms in total. The molecule has 0 atom stereocenters. The number of hydrogen-bond acceptors (Lipinski definition) is 3. The lowest BCUT2D eigenvalue weighted by atomic mass is 10.1. The summed E-state index contributed by atoms with van der Waals surface area (Å²) >= 11 is 0. The minimum absolute atomic E-state index is 0.754. The lowest BCUT2D eigenvalue weighted by Gasteiger charge is -2.20. The van der Waals surface area contributed by atoms with E-state index in [1.165, 1.54) is 25.1 Å². The number of likely N-dealkylation sites (N-methyl/N-ethyl adjacent to an activating group) is 1. The van der Waals surface area contributed by atoms with Gasteiger partial charge in [0.05, 0.1) is 0 Å². The Labute approximate surface area is 103 Å². The Bertz CT molecular complexity index is 361. The third kappa shape index (κ3) is 3.65. The third-order valence-corrected chi connectivity index (χ3v) is 3.33. The first kappa shape index (κ1) is 12.3. The summed E-state index contributed by atoms with van der Waals surface area (Å²) in [4.78, 5) is 15.4. The van der Waals surface area contributed by atoms with Crippen molar-refractivity contribution in [1.29, 1.82) is 0 Å². The zero-order valence-electron chi connectivity index (χ0n) is 10.4. The van der Waals surface area contributed by atoms with Crippen LogP contribution in [0.15, 0.2) is 24.3 Å². The number of rotatable bonds is 3. The van der Waals surface area contributed by atoms with E-state index in [1.54, 1.807) is 0 Å². The molecular weight excluding hydrogens is 212 g/mol. The van der Waals surface area contributed by atoms with Crippen molar-refractivity contribution in [3.63, 3.8) is 0 Å². The van der Waals surface area contributed by atoms with Crippen molar-refractivity contribution in [2.75, 3.05) is 33.2 Å². The van der Waals surface area contributed by atoms with Gasteiger partial charge in [0.25, 0.3) is 0 Å². The SMILES string of the molecule is CN1CCCN(Cc2ccc(C=O)cc2)CC1. The molecule has 0 amide bonds. The summed E-state index contributed by atoms with van der Waals surface area (Å²) in [5.74, 6) is 0. The van der Waals surface area contributed by atoms with E-state index in [2.05, 4.69) is 29.0 Å². The molecule has 0 spiro atoms. The monoisotopic (exact) mass is 232 g/mol. The van der Waals surface area contributed by atoms with Crippen molar-refractivity contribution >= 4 is 6.29 Å². The molecule has 3 heteroatoms. The second kappa shape index (κ2) is 5.94. The highest BCUT2D eigenvalue weighted by molar-refractivity contribution is 5.74. The first-order chi connectivity index (χ1) is 8.28. The molecule has 17 heavy (non-hydrogen) atoms. The summed E-state index contributed by atoms with van der Waals surface area (Å²) in [7, 11) is 2.18. The van der Waals surface area contributed by atoms with Gasteiger partial charge in [-0.05, 0) is 32.1 Å². The van der Waals surface area contributed by atoms with Crippen LogP contribution in [0.1, 0.15) is 22.3 Å². The largest absolute Gasteiger partial charge is 0.305 e. The molecule has 1 aromatic carbocycles. The fourth-order valence-electron chi connectivity index (χ4n) is 2.22. The molecule has 0 radical (unpaired) electrons. The third-order valence-electron chi connectivity index (χ3n) is 3.33. The van der Waals surface area contributed by atoms with Gasteiger partial charge in [-0.1, -0.05) is 24.3 Å².